The van der Waals surface area contributed by atoms with Crippen LogP contribution in [0.2, 0.25) is 0 Å². The molecule has 3 heteroatoms. The van der Waals surface area contributed by atoms with Crippen LogP contribution in [0.25, 0.3) is 0 Å². The van der Waals surface area contributed by atoms with Crippen LogP contribution < -0.4 is 5.32 Å². The molecule has 1 rings (SSSR count). The van der Waals surface area contributed by atoms with E-state index in [0.29, 0.717) is 0 Å². The largest absolute Gasteiger partial charge is 0.363 e. The first-order chi connectivity index (χ1) is 6.24. The van der Waals surface area contributed by atoms with E-state index in [1.807, 2.05) is 38.5 Å². The molecule has 0 aliphatic carbocycles. The van der Waals surface area contributed by atoms with Gasteiger partial charge in [0.25, 0.3) is 0 Å². The molecule has 0 amide bonds. The molecule has 0 saturated heterocycles. The molecule has 0 saturated carbocycles. The van der Waals surface area contributed by atoms with E-state index in [2.05, 4.69) is 17.1 Å². The summed E-state index contributed by atoms with van der Waals surface area (Å²) in [5.41, 5.74) is 0. The van der Waals surface area contributed by atoms with Crippen molar-refractivity contribution < 1.29 is 4.74 Å². The smallest absolute Gasteiger partial charge is 0.149 e. The van der Waals surface area contributed by atoms with Crippen LogP contribution in [-0.4, -0.2) is 31.5 Å². The highest BCUT2D eigenvalue weighted by Crippen LogP contribution is 2.06. The van der Waals surface area contributed by atoms with Crippen molar-refractivity contribution in [3.63, 3.8) is 0 Å². The Morgan fingerprint density at radius 2 is 2.23 bits per heavy atom. The van der Waals surface area contributed by atoms with Gasteiger partial charge in [-0.25, -0.2) is 0 Å². The van der Waals surface area contributed by atoms with E-state index in [1.165, 1.54) is 0 Å². The molecule has 0 radical (unpaired) electrons. The highest BCUT2D eigenvalue weighted by molar-refractivity contribution is 5.09. The third-order valence-electron chi connectivity index (χ3n) is 1.98. The summed E-state index contributed by atoms with van der Waals surface area (Å²) < 4.78 is 5.78. The fourth-order valence-corrected chi connectivity index (χ4v) is 1.26. The van der Waals surface area contributed by atoms with Crippen molar-refractivity contribution in [3.05, 3.63) is 24.4 Å². The van der Waals surface area contributed by atoms with Gasteiger partial charge in [0.2, 0.25) is 0 Å². The zero-order valence-corrected chi connectivity index (χ0v) is 8.53. The molecule has 0 bridgehead atoms. The van der Waals surface area contributed by atoms with Crippen LogP contribution in [-0.2, 0) is 4.74 Å². The van der Waals surface area contributed by atoms with Crippen LogP contribution in [0.3, 0.4) is 0 Å². The Kier molecular flexibility index (Phi) is 3.99. The molecule has 1 N–H and O–H groups in total. The minimum absolute atomic E-state index is 0.0114. The van der Waals surface area contributed by atoms with Gasteiger partial charge >= 0.3 is 0 Å². The normalized spacial score (nSPS) is 23.2. The molecule has 2 unspecified atom stereocenters. The van der Waals surface area contributed by atoms with Gasteiger partial charge in [-0.15, -0.1) is 0 Å². The fourth-order valence-electron chi connectivity index (χ4n) is 1.26. The first-order valence-corrected chi connectivity index (χ1v) is 4.65. The predicted molar refractivity (Wildman–Crippen MR) is 54.1 cm³/mol. The standard InChI is InChI=1S/C10H18N2O/c1-4-10(12(2)3)13-9-7-5-6-8-11-9/h5-11H,4H2,1-3H3. The van der Waals surface area contributed by atoms with Gasteiger partial charge in [-0.2, -0.15) is 0 Å². The minimum atomic E-state index is 0.0114. The number of hydrogen-bond acceptors (Lipinski definition) is 3. The Morgan fingerprint density at radius 1 is 1.46 bits per heavy atom. The Labute approximate surface area is 80.1 Å². The Morgan fingerprint density at radius 3 is 2.69 bits per heavy atom. The number of dihydropyridines is 1. The third kappa shape index (κ3) is 3.20. The van der Waals surface area contributed by atoms with Crippen molar-refractivity contribution in [2.45, 2.75) is 25.8 Å². The summed E-state index contributed by atoms with van der Waals surface area (Å²) in [4.78, 5) is 2.08. The van der Waals surface area contributed by atoms with Gasteiger partial charge in [0, 0.05) is 0 Å². The topological polar surface area (TPSA) is 24.5 Å². The number of nitrogens with one attached hydrogen (secondary N) is 1. The second-order valence-corrected chi connectivity index (χ2v) is 3.29. The van der Waals surface area contributed by atoms with Crippen molar-refractivity contribution in [1.82, 2.24) is 10.2 Å². The number of rotatable bonds is 4. The van der Waals surface area contributed by atoms with E-state index in [1.54, 1.807) is 0 Å². The average molecular weight is 182 g/mol. The van der Waals surface area contributed by atoms with Gasteiger partial charge in [-0.1, -0.05) is 13.0 Å². The molecule has 0 aromatic rings. The fraction of sp³-hybridized carbons (Fsp3) is 0.600. The lowest BCUT2D eigenvalue weighted by molar-refractivity contribution is -0.0728. The maximum atomic E-state index is 5.78. The van der Waals surface area contributed by atoms with E-state index in [4.69, 9.17) is 4.74 Å². The summed E-state index contributed by atoms with van der Waals surface area (Å²) in [6.45, 7) is 2.12. The van der Waals surface area contributed by atoms with Crippen molar-refractivity contribution in [2.24, 2.45) is 0 Å². The Bertz CT molecular complexity index is 199. The molecule has 1 aliphatic heterocycles. The Hall–Kier alpha value is -0.800. The number of nitrogens with zero attached hydrogens (tertiary/aromatic N) is 1. The second-order valence-electron chi connectivity index (χ2n) is 3.29. The van der Waals surface area contributed by atoms with Gasteiger partial charge in [-0.05, 0) is 38.9 Å². The monoisotopic (exact) mass is 182 g/mol. The van der Waals surface area contributed by atoms with Crippen LogP contribution in [0.4, 0.5) is 0 Å². The van der Waals surface area contributed by atoms with Crippen molar-refractivity contribution in [1.29, 1.82) is 0 Å². The summed E-state index contributed by atoms with van der Waals surface area (Å²) >= 11 is 0. The molecule has 0 aromatic carbocycles. The quantitative estimate of drug-likeness (QED) is 0.663. The molecule has 13 heavy (non-hydrogen) atoms. The van der Waals surface area contributed by atoms with E-state index in [0.717, 1.165) is 6.42 Å². The van der Waals surface area contributed by atoms with E-state index in [-0.39, 0.29) is 12.5 Å². The zero-order chi connectivity index (χ0) is 9.68. The van der Waals surface area contributed by atoms with Gasteiger partial charge in [-0.3, -0.25) is 4.90 Å². The first kappa shape index (κ1) is 10.3. The van der Waals surface area contributed by atoms with Gasteiger partial charge in [0.15, 0.2) is 0 Å². The van der Waals surface area contributed by atoms with Crippen molar-refractivity contribution >= 4 is 0 Å². The lowest BCUT2D eigenvalue weighted by Gasteiger charge is -2.27. The SMILES string of the molecule is CCC(OC1C=CC=CN1)N(C)C. The van der Waals surface area contributed by atoms with E-state index >= 15 is 0 Å². The maximum Gasteiger partial charge on any atom is 0.149 e. The average Bonchev–Trinajstić information content (AvgIpc) is 2.15. The minimum Gasteiger partial charge on any atom is -0.363 e. The number of hydrogen-bond donors (Lipinski definition) is 1. The molecular weight excluding hydrogens is 164 g/mol. The molecule has 0 fully saturated rings. The number of allylic oxidation sites excluding steroid dienone is 2. The van der Waals surface area contributed by atoms with Crippen LogP contribution in [0.5, 0.6) is 0 Å². The predicted octanol–water partition coefficient (Wildman–Crippen LogP) is 1.30. The molecule has 0 spiro atoms. The van der Waals surface area contributed by atoms with Gasteiger partial charge < -0.3 is 10.1 Å². The summed E-state index contributed by atoms with van der Waals surface area (Å²) in [7, 11) is 4.05. The lowest BCUT2D eigenvalue weighted by Crippen LogP contribution is -2.38. The zero-order valence-electron chi connectivity index (χ0n) is 8.53. The Balaban J connectivity index is 2.37. The molecule has 1 aliphatic rings. The van der Waals surface area contributed by atoms with Gasteiger partial charge in [0.05, 0.1) is 0 Å². The van der Waals surface area contributed by atoms with Crippen molar-refractivity contribution in [2.75, 3.05) is 14.1 Å². The van der Waals surface area contributed by atoms with Crippen molar-refractivity contribution in [3.8, 4) is 0 Å². The molecule has 2 atom stereocenters. The molecule has 1 heterocycles. The first-order valence-electron chi connectivity index (χ1n) is 4.65. The maximum absolute atomic E-state index is 5.78. The van der Waals surface area contributed by atoms with E-state index < -0.39 is 0 Å². The van der Waals surface area contributed by atoms with Crippen LogP contribution >= 0.6 is 0 Å². The highest BCUT2D eigenvalue weighted by Gasteiger charge is 2.14. The highest BCUT2D eigenvalue weighted by atomic mass is 16.5. The second kappa shape index (κ2) is 5.04. The molecule has 74 valence electrons. The van der Waals surface area contributed by atoms with E-state index in [9.17, 15) is 0 Å². The van der Waals surface area contributed by atoms with Crippen LogP contribution in [0, 0.1) is 0 Å². The van der Waals surface area contributed by atoms with Crippen LogP contribution in [0.1, 0.15) is 13.3 Å². The summed E-state index contributed by atoms with van der Waals surface area (Å²) in [6, 6.07) is 0. The van der Waals surface area contributed by atoms with Crippen LogP contribution in [0.15, 0.2) is 24.4 Å². The molecule has 0 aromatic heterocycles. The lowest BCUT2D eigenvalue weighted by atomic mass is 10.3. The number of ether oxygens (including phenoxy) is 1. The molecular formula is C10H18N2O. The third-order valence-corrected chi connectivity index (χ3v) is 1.98. The summed E-state index contributed by atoms with van der Waals surface area (Å²) in [5, 5.41) is 3.12. The van der Waals surface area contributed by atoms with Gasteiger partial charge in [0.1, 0.15) is 12.5 Å². The molecule has 3 nitrogen and oxygen atoms in total. The summed E-state index contributed by atoms with van der Waals surface area (Å²) in [6.07, 6.45) is 9.02. The summed E-state index contributed by atoms with van der Waals surface area (Å²) in [5.74, 6) is 0.